The second-order valence-corrected chi connectivity index (χ2v) is 23.5. The highest BCUT2D eigenvalue weighted by molar-refractivity contribution is 7.13. The fraction of sp³-hybridized carbons (Fsp3) is 0.508. The molecule has 79 heavy (non-hydrogen) atoms. The Morgan fingerprint density at radius 1 is 0.911 bits per heavy atom. The molecule has 5 heterocycles. The van der Waals surface area contributed by atoms with Crippen molar-refractivity contribution in [2.45, 2.75) is 125 Å². The zero-order valence-corrected chi connectivity index (χ0v) is 48.4. The molecule has 5 aromatic rings. The van der Waals surface area contributed by atoms with E-state index in [2.05, 4.69) is 77.9 Å². The van der Waals surface area contributed by atoms with E-state index in [1.165, 1.54) is 10.5 Å². The van der Waals surface area contributed by atoms with E-state index < -0.39 is 35.4 Å². The van der Waals surface area contributed by atoms with Crippen LogP contribution in [-0.4, -0.2) is 150 Å². The molecule has 3 aliphatic rings. The molecule has 18 heteroatoms. The fourth-order valence-electron chi connectivity index (χ4n) is 11.2. The first kappa shape index (κ1) is 58.9. The Labute approximate surface area is 469 Å². The van der Waals surface area contributed by atoms with Crippen LogP contribution in [0.4, 0.5) is 5.69 Å². The molecule has 2 aromatic heterocycles. The van der Waals surface area contributed by atoms with Crippen molar-refractivity contribution in [3.05, 3.63) is 127 Å². The van der Waals surface area contributed by atoms with Crippen molar-refractivity contribution in [3.8, 4) is 21.6 Å². The summed E-state index contributed by atoms with van der Waals surface area (Å²) in [4.78, 5) is 85.1. The van der Waals surface area contributed by atoms with Crippen LogP contribution in [-0.2, 0) is 36.9 Å². The number of hydrogen-bond donors (Lipinski definition) is 5. The van der Waals surface area contributed by atoms with Gasteiger partial charge in [-0.25, -0.2) is 4.98 Å². The van der Waals surface area contributed by atoms with E-state index in [1.54, 1.807) is 11.3 Å². The molecule has 424 valence electrons. The van der Waals surface area contributed by atoms with E-state index >= 15 is 0 Å². The van der Waals surface area contributed by atoms with E-state index in [4.69, 9.17) is 9.47 Å². The van der Waals surface area contributed by atoms with Crippen molar-refractivity contribution in [1.82, 2.24) is 40.6 Å². The van der Waals surface area contributed by atoms with Crippen LogP contribution in [0.1, 0.15) is 109 Å². The number of carbonyl (C=O) groups is 4. The maximum absolute atomic E-state index is 14.2. The lowest BCUT2D eigenvalue weighted by molar-refractivity contribution is -0.144. The van der Waals surface area contributed by atoms with Gasteiger partial charge in [0.15, 0.2) is 0 Å². The summed E-state index contributed by atoms with van der Waals surface area (Å²) in [7, 11) is 0. The molecule has 8 rings (SSSR count). The van der Waals surface area contributed by atoms with Crippen LogP contribution in [0.5, 0.6) is 0 Å². The maximum Gasteiger partial charge on any atom is 0.253 e. The van der Waals surface area contributed by atoms with Crippen LogP contribution >= 0.6 is 11.3 Å². The van der Waals surface area contributed by atoms with Gasteiger partial charge in [-0.05, 0) is 117 Å². The van der Waals surface area contributed by atoms with Crippen LogP contribution < -0.4 is 26.4 Å². The Kier molecular flexibility index (Phi) is 19.6. The van der Waals surface area contributed by atoms with Gasteiger partial charge in [0.1, 0.15) is 18.7 Å². The van der Waals surface area contributed by atoms with E-state index in [1.807, 2.05) is 97.3 Å². The SMILES string of the molecule is CCN(c1cc(-c2ccc(CN3CCN(CCOCC(=O)NC(C(=O)N4C[C@H](O)C[C@H]4C(=O)N[C@@H](C)c4ccc(-c5scnc5C)cc4)C(C)(C)C)CC3)cc2)cc(C(=O)NCc2c(C)cc(C)[nH]c2=O)c1C)C1CCOCC1. The second-order valence-electron chi connectivity index (χ2n) is 22.7. The Balaban J connectivity index is 0.809. The molecule has 17 nitrogen and oxygen atoms in total. The summed E-state index contributed by atoms with van der Waals surface area (Å²) in [6.45, 7) is 24.7. The molecule has 3 saturated heterocycles. The third-order valence-electron chi connectivity index (χ3n) is 15.8. The number of aliphatic hydroxyl groups excluding tert-OH is 1. The Morgan fingerprint density at radius 2 is 1.59 bits per heavy atom. The molecule has 4 atom stereocenters. The minimum Gasteiger partial charge on any atom is -0.391 e. The Morgan fingerprint density at radius 3 is 2.24 bits per heavy atom. The molecule has 4 amide bonds. The topological polar surface area (TPSA) is 202 Å². The third-order valence-corrected chi connectivity index (χ3v) is 16.8. The number of aromatic amines is 1. The molecule has 0 aliphatic carbocycles. The molecule has 0 radical (unpaired) electrons. The normalized spacial score (nSPS) is 18.3. The van der Waals surface area contributed by atoms with Crippen LogP contribution in [0, 0.1) is 33.1 Å². The summed E-state index contributed by atoms with van der Waals surface area (Å²) in [5, 5.41) is 19.7. The zero-order chi connectivity index (χ0) is 56.5. The van der Waals surface area contributed by atoms with Gasteiger partial charge in [0.05, 0.1) is 34.8 Å². The maximum atomic E-state index is 14.2. The molecule has 5 N–H and O–H groups in total. The number of benzene rings is 3. The van der Waals surface area contributed by atoms with Crippen molar-refractivity contribution < 1.29 is 33.8 Å². The first-order valence-corrected chi connectivity index (χ1v) is 28.8. The average Bonchev–Trinajstić information content (AvgIpc) is 4.07. The molecule has 3 aromatic carbocycles. The first-order valence-electron chi connectivity index (χ1n) is 27.9. The number of thiazole rings is 1. The number of aliphatic hydroxyl groups is 1. The van der Waals surface area contributed by atoms with Crippen molar-refractivity contribution in [1.29, 1.82) is 0 Å². The number of hydrogen-bond acceptors (Lipinski definition) is 13. The minimum absolute atomic E-state index is 0.0109. The van der Waals surface area contributed by atoms with Gasteiger partial charge in [0.25, 0.3) is 11.5 Å². The summed E-state index contributed by atoms with van der Waals surface area (Å²) in [5.41, 5.74) is 11.7. The van der Waals surface area contributed by atoms with E-state index in [-0.39, 0.29) is 49.5 Å². The van der Waals surface area contributed by atoms with Gasteiger partial charge >= 0.3 is 0 Å². The summed E-state index contributed by atoms with van der Waals surface area (Å²) in [6.07, 6.45) is 1.05. The highest BCUT2D eigenvalue weighted by Crippen LogP contribution is 2.35. The van der Waals surface area contributed by atoms with Gasteiger partial charge in [0.2, 0.25) is 17.7 Å². The standard InChI is InChI=1S/C61H81N9O8S/c1-10-69(48-19-26-77-27-20-48)52-31-47(30-50(40(52)4)57(73)62-33-51-38(2)29-39(3)64-58(51)74)45-13-11-43(12-14-45)34-68-23-21-67(22-24-68)25-28-78-36-54(72)66-56(61(7,8)9)60(76)70-35-49(71)32-53(70)59(75)65-41(5)44-15-17-46(18-16-44)55-42(6)63-37-79-55/h11-18,29-31,37,41,48-49,53,56,71H,10,19-28,32-36H2,1-9H3,(H,62,73)(H,64,74)(H,65,75)(H,66,72)/t41-,49+,53-,56?/m0/s1. The van der Waals surface area contributed by atoms with Crippen LogP contribution in [0.2, 0.25) is 0 Å². The van der Waals surface area contributed by atoms with E-state index in [9.17, 15) is 29.1 Å². The van der Waals surface area contributed by atoms with Crippen molar-refractivity contribution in [2.75, 3.05) is 77.1 Å². The summed E-state index contributed by atoms with van der Waals surface area (Å²) < 4.78 is 11.6. The molecular formula is C61H81N9O8S. The fourth-order valence-corrected chi connectivity index (χ4v) is 12.0. The quantitative estimate of drug-likeness (QED) is 0.0509. The molecule has 0 bridgehead atoms. The van der Waals surface area contributed by atoms with Crippen molar-refractivity contribution in [2.24, 2.45) is 5.41 Å². The lowest BCUT2D eigenvalue weighted by Gasteiger charge is -2.37. The smallest absolute Gasteiger partial charge is 0.253 e. The second kappa shape index (κ2) is 26.3. The van der Waals surface area contributed by atoms with Crippen molar-refractivity contribution in [3.63, 3.8) is 0 Å². The number of likely N-dealkylation sites (tertiary alicyclic amines) is 1. The predicted octanol–water partition coefficient (Wildman–Crippen LogP) is 6.84. The number of anilines is 1. The number of aromatic nitrogens is 2. The van der Waals surface area contributed by atoms with Crippen LogP contribution in [0.25, 0.3) is 21.6 Å². The van der Waals surface area contributed by atoms with Gasteiger partial charge in [-0.3, -0.25) is 33.8 Å². The van der Waals surface area contributed by atoms with Gasteiger partial charge in [-0.2, -0.15) is 0 Å². The average molecular weight is 1100 g/mol. The lowest BCUT2D eigenvalue weighted by atomic mass is 9.85. The number of amides is 4. The number of nitrogens with zero attached hydrogens (tertiary/aromatic N) is 5. The first-order chi connectivity index (χ1) is 37.8. The number of β-amino-alcohol motifs (C(OH)–C–C–N with tert-alkyl or cyclic N) is 1. The number of pyridine rings is 1. The molecule has 3 fully saturated rings. The molecule has 0 spiro atoms. The molecular weight excluding hydrogens is 1020 g/mol. The monoisotopic (exact) mass is 1100 g/mol. The third kappa shape index (κ3) is 14.8. The van der Waals surface area contributed by atoms with Crippen LogP contribution in [0.15, 0.2) is 77.0 Å². The largest absolute Gasteiger partial charge is 0.391 e. The Bertz CT molecular complexity index is 2980. The van der Waals surface area contributed by atoms with Crippen molar-refractivity contribution >= 4 is 40.7 Å². The summed E-state index contributed by atoms with van der Waals surface area (Å²) >= 11 is 1.58. The highest BCUT2D eigenvalue weighted by atomic mass is 32.1. The number of piperazine rings is 1. The summed E-state index contributed by atoms with van der Waals surface area (Å²) in [6, 6.07) is 20.8. The summed E-state index contributed by atoms with van der Waals surface area (Å²) in [5.74, 6) is -1.43. The number of carbonyl (C=O) groups excluding carboxylic acids is 4. The number of ether oxygens (including phenoxy) is 2. The minimum atomic E-state index is -0.955. The Hall–Kier alpha value is -6.28. The van der Waals surface area contributed by atoms with E-state index in [0.717, 1.165) is 107 Å². The number of rotatable bonds is 20. The molecule has 3 aliphatic heterocycles. The van der Waals surface area contributed by atoms with Crippen LogP contribution in [0.3, 0.4) is 0 Å². The number of aryl methyl sites for hydroxylation is 3. The van der Waals surface area contributed by atoms with Gasteiger partial charge in [0, 0.05) is 107 Å². The van der Waals surface area contributed by atoms with E-state index in [0.29, 0.717) is 43.5 Å². The lowest BCUT2D eigenvalue weighted by Crippen LogP contribution is -2.58. The molecule has 1 unspecified atom stereocenters. The number of nitrogens with one attached hydrogen (secondary N) is 4. The zero-order valence-electron chi connectivity index (χ0n) is 47.6. The molecule has 0 saturated carbocycles. The van der Waals surface area contributed by atoms with Gasteiger partial charge in [-0.1, -0.05) is 69.3 Å². The predicted molar refractivity (Wildman–Crippen MR) is 310 cm³/mol. The van der Waals surface area contributed by atoms with Gasteiger partial charge < -0.3 is 45.3 Å². The van der Waals surface area contributed by atoms with Gasteiger partial charge in [-0.15, -0.1) is 11.3 Å². The highest BCUT2D eigenvalue weighted by Gasteiger charge is 2.45. The number of H-pyrrole nitrogens is 1.